The van der Waals surface area contributed by atoms with Gasteiger partial charge >= 0.3 is 0 Å². The highest BCUT2D eigenvalue weighted by molar-refractivity contribution is 7.89. The van der Waals surface area contributed by atoms with Gasteiger partial charge in [0.05, 0.1) is 10.8 Å². The van der Waals surface area contributed by atoms with Gasteiger partial charge in [0.2, 0.25) is 21.8 Å². The van der Waals surface area contributed by atoms with Gasteiger partial charge < -0.3 is 10.6 Å². The van der Waals surface area contributed by atoms with Gasteiger partial charge in [-0.1, -0.05) is 12.8 Å². The van der Waals surface area contributed by atoms with Gasteiger partial charge in [-0.05, 0) is 56.9 Å². The number of hydrogen-bond donors (Lipinski definition) is 2. The average Bonchev–Trinajstić information content (AvgIpc) is 3.21. The summed E-state index contributed by atoms with van der Waals surface area (Å²) in [5.41, 5.74) is 0. The van der Waals surface area contributed by atoms with Crippen molar-refractivity contribution in [3.63, 3.8) is 0 Å². The van der Waals surface area contributed by atoms with Gasteiger partial charge in [0, 0.05) is 19.1 Å². The molecule has 1 aromatic carbocycles. The molecule has 0 bridgehead atoms. The van der Waals surface area contributed by atoms with Crippen LogP contribution in [0, 0.1) is 11.7 Å². The van der Waals surface area contributed by atoms with Gasteiger partial charge in [-0.15, -0.1) is 0 Å². The van der Waals surface area contributed by atoms with Crippen molar-refractivity contribution in [2.24, 2.45) is 5.92 Å². The largest absolute Gasteiger partial charge is 0.352 e. The second-order valence-corrected chi connectivity index (χ2v) is 9.81. The topological polar surface area (TPSA) is 95.6 Å². The van der Waals surface area contributed by atoms with Gasteiger partial charge in [-0.3, -0.25) is 9.59 Å². The zero-order chi connectivity index (χ0) is 21.0. The molecule has 3 rings (SSSR count). The van der Waals surface area contributed by atoms with Crippen molar-refractivity contribution in [3.05, 3.63) is 30.1 Å². The van der Waals surface area contributed by atoms with Crippen molar-refractivity contribution in [2.75, 3.05) is 13.1 Å². The molecule has 29 heavy (non-hydrogen) atoms. The molecule has 160 valence electrons. The third-order valence-electron chi connectivity index (χ3n) is 5.66. The first-order valence-electron chi connectivity index (χ1n) is 10.1. The Hall–Kier alpha value is -2.00. The van der Waals surface area contributed by atoms with Gasteiger partial charge in [0.25, 0.3) is 0 Å². The van der Waals surface area contributed by atoms with Crippen LogP contribution >= 0.6 is 0 Å². The highest BCUT2D eigenvalue weighted by Crippen LogP contribution is 2.24. The summed E-state index contributed by atoms with van der Waals surface area (Å²) >= 11 is 0. The fourth-order valence-corrected chi connectivity index (χ4v) is 5.45. The zero-order valence-corrected chi connectivity index (χ0v) is 17.4. The molecule has 2 atom stereocenters. The molecule has 1 saturated carbocycles. The summed E-state index contributed by atoms with van der Waals surface area (Å²) in [6, 6.07) is 4.16. The number of rotatable bonds is 6. The van der Waals surface area contributed by atoms with E-state index in [1.165, 1.54) is 16.4 Å². The van der Waals surface area contributed by atoms with Crippen LogP contribution in [0.1, 0.15) is 45.4 Å². The smallest absolute Gasteiger partial charge is 0.243 e. The summed E-state index contributed by atoms with van der Waals surface area (Å²) in [4.78, 5) is 24.9. The molecule has 0 aromatic heterocycles. The minimum absolute atomic E-state index is 0.00395. The Morgan fingerprint density at radius 2 is 1.76 bits per heavy atom. The molecule has 1 saturated heterocycles. The highest BCUT2D eigenvalue weighted by Gasteiger charge is 2.34. The fraction of sp³-hybridized carbons (Fsp3) is 0.600. The SMILES string of the molecule is C[C@@H](NC(=O)C1CCCN(S(=O)(=O)c2ccc(F)cc2)C1)C(=O)NC1CCCC1. The number of carbonyl (C=O) groups excluding carboxylic acids is 2. The minimum Gasteiger partial charge on any atom is -0.352 e. The minimum atomic E-state index is -3.80. The third-order valence-corrected chi connectivity index (χ3v) is 7.54. The van der Waals surface area contributed by atoms with Crippen molar-refractivity contribution in [1.29, 1.82) is 0 Å². The van der Waals surface area contributed by atoms with Crippen molar-refractivity contribution in [1.82, 2.24) is 14.9 Å². The van der Waals surface area contributed by atoms with Crippen LogP contribution in [0.15, 0.2) is 29.2 Å². The number of benzene rings is 1. The Balaban J connectivity index is 1.58. The fourth-order valence-electron chi connectivity index (χ4n) is 3.92. The van der Waals surface area contributed by atoms with Crippen molar-refractivity contribution >= 4 is 21.8 Å². The van der Waals surface area contributed by atoms with Crippen LogP contribution in [-0.2, 0) is 19.6 Å². The Morgan fingerprint density at radius 3 is 2.41 bits per heavy atom. The normalized spacial score (nSPS) is 22.2. The zero-order valence-electron chi connectivity index (χ0n) is 16.6. The average molecular weight is 426 g/mol. The van der Waals surface area contributed by atoms with Crippen LogP contribution in [-0.4, -0.2) is 49.7 Å². The molecule has 2 aliphatic rings. The van der Waals surface area contributed by atoms with Crippen molar-refractivity contribution < 1.29 is 22.4 Å². The number of piperidine rings is 1. The maximum absolute atomic E-state index is 13.1. The highest BCUT2D eigenvalue weighted by atomic mass is 32.2. The molecule has 0 spiro atoms. The van der Waals surface area contributed by atoms with E-state index in [0.29, 0.717) is 19.4 Å². The Morgan fingerprint density at radius 1 is 1.10 bits per heavy atom. The van der Waals surface area contributed by atoms with Crippen LogP contribution in [0.2, 0.25) is 0 Å². The predicted octanol–water partition coefficient (Wildman–Crippen LogP) is 1.79. The number of hydrogen-bond acceptors (Lipinski definition) is 4. The number of nitrogens with one attached hydrogen (secondary N) is 2. The first kappa shape index (κ1) is 21.7. The van der Waals surface area contributed by atoms with Gasteiger partial charge in [0.15, 0.2) is 0 Å². The number of carbonyl (C=O) groups is 2. The van der Waals surface area contributed by atoms with Gasteiger partial charge in [0.1, 0.15) is 11.9 Å². The summed E-state index contributed by atoms with van der Waals surface area (Å²) in [5, 5.41) is 5.68. The Kier molecular flexibility index (Phi) is 6.89. The van der Waals surface area contributed by atoms with Crippen LogP contribution in [0.25, 0.3) is 0 Å². The molecule has 2 N–H and O–H groups in total. The van der Waals surface area contributed by atoms with Crippen molar-refractivity contribution in [2.45, 2.75) is 62.4 Å². The molecule has 7 nitrogen and oxygen atoms in total. The van der Waals surface area contributed by atoms with E-state index in [-0.39, 0.29) is 29.3 Å². The van der Waals surface area contributed by atoms with Crippen LogP contribution in [0.3, 0.4) is 0 Å². The summed E-state index contributed by atoms with van der Waals surface area (Å²) in [7, 11) is -3.80. The van der Waals surface area contributed by atoms with E-state index < -0.39 is 27.8 Å². The molecule has 1 heterocycles. The van der Waals surface area contributed by atoms with Gasteiger partial charge in [-0.25, -0.2) is 12.8 Å². The molecular formula is C20H28FN3O4S. The lowest BCUT2D eigenvalue weighted by atomic mass is 9.98. The Labute approximate surface area is 171 Å². The summed E-state index contributed by atoms with van der Waals surface area (Å²) in [5.74, 6) is -1.57. The lowest BCUT2D eigenvalue weighted by molar-refractivity contribution is -0.131. The lowest BCUT2D eigenvalue weighted by Gasteiger charge is -2.31. The molecular weight excluding hydrogens is 397 g/mol. The molecule has 9 heteroatoms. The number of sulfonamides is 1. The summed E-state index contributed by atoms with van der Waals surface area (Å²) < 4.78 is 40.0. The van der Waals surface area contributed by atoms with E-state index in [1.54, 1.807) is 6.92 Å². The molecule has 2 fully saturated rings. The maximum atomic E-state index is 13.1. The molecule has 1 aromatic rings. The quantitative estimate of drug-likeness (QED) is 0.726. The molecule has 1 unspecified atom stereocenters. The van der Waals surface area contributed by atoms with Crippen LogP contribution in [0.5, 0.6) is 0 Å². The molecule has 1 aliphatic carbocycles. The van der Waals surface area contributed by atoms with E-state index >= 15 is 0 Å². The first-order valence-corrected chi connectivity index (χ1v) is 11.6. The third kappa shape index (κ3) is 5.33. The Bertz CT molecular complexity index is 838. The maximum Gasteiger partial charge on any atom is 0.243 e. The molecule has 0 radical (unpaired) electrons. The second-order valence-electron chi connectivity index (χ2n) is 7.88. The van der Waals surface area contributed by atoms with E-state index in [9.17, 15) is 22.4 Å². The number of nitrogens with zero attached hydrogens (tertiary/aromatic N) is 1. The summed E-state index contributed by atoms with van der Waals surface area (Å²) in [6.07, 6.45) is 5.23. The van der Waals surface area contributed by atoms with E-state index in [0.717, 1.165) is 37.8 Å². The first-order chi connectivity index (χ1) is 13.8. The summed E-state index contributed by atoms with van der Waals surface area (Å²) in [6.45, 7) is 1.99. The van der Waals surface area contributed by atoms with E-state index in [1.807, 2.05) is 0 Å². The second kappa shape index (κ2) is 9.21. The van der Waals surface area contributed by atoms with E-state index in [2.05, 4.69) is 10.6 Å². The van der Waals surface area contributed by atoms with Crippen molar-refractivity contribution in [3.8, 4) is 0 Å². The standard InChI is InChI=1S/C20H28FN3O4S/c1-14(19(25)23-17-6-2-3-7-17)22-20(26)15-5-4-12-24(13-15)29(27,28)18-10-8-16(21)9-11-18/h8-11,14-15,17H,2-7,12-13H2,1H3,(H,22,26)(H,23,25)/t14-,15?/m1/s1. The monoisotopic (exact) mass is 425 g/mol. The van der Waals surface area contributed by atoms with Gasteiger partial charge in [-0.2, -0.15) is 4.31 Å². The van der Waals surface area contributed by atoms with Crippen LogP contribution < -0.4 is 10.6 Å². The molecule has 2 amide bonds. The van der Waals surface area contributed by atoms with E-state index in [4.69, 9.17) is 0 Å². The number of halogens is 1. The van der Waals surface area contributed by atoms with Crippen LogP contribution in [0.4, 0.5) is 4.39 Å². The lowest BCUT2D eigenvalue weighted by Crippen LogP contribution is -2.51. The predicted molar refractivity (Wildman–Crippen MR) is 106 cm³/mol. The molecule has 1 aliphatic heterocycles. The number of amides is 2.